The SMILES string of the molecule is N#C/C(=C/N1CCC(C(N)=O)CC1)C(=O)Nc1ccccc1Cl. The lowest BCUT2D eigenvalue weighted by molar-refractivity contribution is -0.123. The molecule has 0 saturated carbocycles. The second-order valence-corrected chi connectivity index (χ2v) is 5.71. The van der Waals surface area contributed by atoms with Crippen molar-refractivity contribution in [3.63, 3.8) is 0 Å². The molecule has 0 atom stereocenters. The predicted octanol–water partition coefficient (Wildman–Crippen LogP) is 1.88. The predicted molar refractivity (Wildman–Crippen MR) is 87.3 cm³/mol. The average Bonchev–Trinajstić information content (AvgIpc) is 2.55. The fourth-order valence-corrected chi connectivity index (χ4v) is 2.57. The van der Waals surface area contributed by atoms with Gasteiger partial charge in [-0.2, -0.15) is 5.26 Å². The second-order valence-electron chi connectivity index (χ2n) is 5.30. The number of para-hydroxylation sites is 1. The number of likely N-dealkylation sites (tertiary alicyclic amines) is 1. The van der Waals surface area contributed by atoms with Crippen LogP contribution < -0.4 is 11.1 Å². The van der Waals surface area contributed by atoms with Crippen LogP contribution in [0.4, 0.5) is 5.69 Å². The third-order valence-electron chi connectivity index (χ3n) is 3.73. The number of piperidine rings is 1. The molecule has 1 aromatic carbocycles. The topological polar surface area (TPSA) is 99.2 Å². The Kier molecular flexibility index (Phi) is 5.61. The van der Waals surface area contributed by atoms with Gasteiger partial charge in [0, 0.05) is 25.2 Å². The summed E-state index contributed by atoms with van der Waals surface area (Å²) in [6.45, 7) is 1.16. The van der Waals surface area contributed by atoms with Gasteiger partial charge in [0.1, 0.15) is 11.6 Å². The molecule has 1 saturated heterocycles. The Morgan fingerprint density at radius 1 is 1.35 bits per heavy atom. The molecule has 0 bridgehead atoms. The highest BCUT2D eigenvalue weighted by molar-refractivity contribution is 6.33. The van der Waals surface area contributed by atoms with Crippen LogP contribution in [0.2, 0.25) is 5.02 Å². The molecule has 1 aliphatic rings. The summed E-state index contributed by atoms with van der Waals surface area (Å²) in [5, 5.41) is 12.2. The van der Waals surface area contributed by atoms with Gasteiger partial charge in [-0.3, -0.25) is 9.59 Å². The molecule has 0 spiro atoms. The fourth-order valence-electron chi connectivity index (χ4n) is 2.39. The van der Waals surface area contributed by atoms with Crippen LogP contribution in [-0.2, 0) is 9.59 Å². The van der Waals surface area contributed by atoms with Crippen molar-refractivity contribution in [3.8, 4) is 6.07 Å². The number of carbonyl (C=O) groups excluding carboxylic acids is 2. The van der Waals surface area contributed by atoms with Crippen LogP contribution in [0.25, 0.3) is 0 Å². The molecule has 7 heteroatoms. The summed E-state index contributed by atoms with van der Waals surface area (Å²) in [6, 6.07) is 8.70. The number of anilines is 1. The summed E-state index contributed by atoms with van der Waals surface area (Å²) >= 11 is 5.98. The van der Waals surface area contributed by atoms with Crippen molar-refractivity contribution >= 4 is 29.1 Å². The minimum absolute atomic E-state index is 0.0116. The van der Waals surface area contributed by atoms with E-state index in [-0.39, 0.29) is 17.4 Å². The lowest BCUT2D eigenvalue weighted by Crippen LogP contribution is -2.36. The zero-order valence-corrected chi connectivity index (χ0v) is 13.2. The Morgan fingerprint density at radius 2 is 2.00 bits per heavy atom. The summed E-state index contributed by atoms with van der Waals surface area (Å²) in [4.78, 5) is 25.2. The van der Waals surface area contributed by atoms with E-state index in [0.29, 0.717) is 36.6 Å². The van der Waals surface area contributed by atoms with Crippen molar-refractivity contribution in [3.05, 3.63) is 41.1 Å². The first-order valence-corrected chi connectivity index (χ1v) is 7.60. The van der Waals surface area contributed by atoms with Gasteiger partial charge in [0.2, 0.25) is 5.91 Å². The molecule has 0 radical (unpaired) electrons. The summed E-state index contributed by atoms with van der Waals surface area (Å²) in [6.07, 6.45) is 2.76. The zero-order chi connectivity index (χ0) is 16.8. The van der Waals surface area contributed by atoms with Gasteiger partial charge in [-0.15, -0.1) is 0 Å². The molecular formula is C16H17ClN4O2. The maximum absolute atomic E-state index is 12.2. The van der Waals surface area contributed by atoms with E-state index in [0.717, 1.165) is 0 Å². The number of rotatable bonds is 4. The smallest absolute Gasteiger partial charge is 0.267 e. The molecule has 0 unspecified atom stereocenters. The third-order valence-corrected chi connectivity index (χ3v) is 4.06. The fraction of sp³-hybridized carbons (Fsp3) is 0.312. The number of nitrogens with one attached hydrogen (secondary N) is 1. The molecule has 1 heterocycles. The van der Waals surface area contributed by atoms with Crippen LogP contribution in [0.15, 0.2) is 36.0 Å². The van der Waals surface area contributed by atoms with Gasteiger partial charge >= 0.3 is 0 Å². The summed E-state index contributed by atoms with van der Waals surface area (Å²) in [5.41, 5.74) is 5.73. The van der Waals surface area contributed by atoms with Gasteiger partial charge in [0.25, 0.3) is 5.91 Å². The molecular weight excluding hydrogens is 316 g/mol. The van der Waals surface area contributed by atoms with E-state index in [1.54, 1.807) is 24.3 Å². The largest absolute Gasteiger partial charge is 0.376 e. The molecule has 120 valence electrons. The molecule has 2 rings (SSSR count). The Labute approximate surface area is 139 Å². The van der Waals surface area contributed by atoms with Crippen molar-refractivity contribution < 1.29 is 9.59 Å². The lowest BCUT2D eigenvalue weighted by atomic mass is 9.96. The quantitative estimate of drug-likeness (QED) is 0.649. The maximum atomic E-state index is 12.2. The highest BCUT2D eigenvalue weighted by Gasteiger charge is 2.22. The molecule has 23 heavy (non-hydrogen) atoms. The molecule has 3 N–H and O–H groups in total. The van der Waals surface area contributed by atoms with Gasteiger partial charge < -0.3 is 16.0 Å². The Hall–Kier alpha value is -2.52. The van der Waals surface area contributed by atoms with Crippen LogP contribution in [0, 0.1) is 17.2 Å². The number of primary amides is 1. The number of carbonyl (C=O) groups is 2. The lowest BCUT2D eigenvalue weighted by Gasteiger charge is -2.29. The van der Waals surface area contributed by atoms with Gasteiger partial charge in [-0.1, -0.05) is 23.7 Å². The van der Waals surface area contributed by atoms with E-state index in [2.05, 4.69) is 5.32 Å². The number of nitrogens with two attached hydrogens (primary N) is 1. The molecule has 6 nitrogen and oxygen atoms in total. The Balaban J connectivity index is 2.02. The molecule has 1 fully saturated rings. The van der Waals surface area contributed by atoms with Gasteiger partial charge in [-0.25, -0.2) is 0 Å². The van der Waals surface area contributed by atoms with Crippen LogP contribution >= 0.6 is 11.6 Å². The number of hydrogen-bond donors (Lipinski definition) is 2. The van der Waals surface area contributed by atoms with Crippen molar-refractivity contribution in [2.24, 2.45) is 11.7 Å². The van der Waals surface area contributed by atoms with E-state index in [1.165, 1.54) is 6.20 Å². The normalized spacial score (nSPS) is 15.8. The molecule has 0 aliphatic carbocycles. The number of hydrogen-bond acceptors (Lipinski definition) is 4. The highest BCUT2D eigenvalue weighted by Crippen LogP contribution is 2.21. The monoisotopic (exact) mass is 332 g/mol. The Bertz CT molecular complexity index is 673. The minimum atomic E-state index is -0.516. The van der Waals surface area contributed by atoms with E-state index >= 15 is 0 Å². The van der Waals surface area contributed by atoms with Gasteiger partial charge in [-0.05, 0) is 25.0 Å². The highest BCUT2D eigenvalue weighted by atomic mass is 35.5. The number of nitrogens with zero attached hydrogens (tertiary/aromatic N) is 2. The minimum Gasteiger partial charge on any atom is -0.376 e. The molecule has 0 aromatic heterocycles. The van der Waals surface area contributed by atoms with Crippen LogP contribution in [0.1, 0.15) is 12.8 Å². The van der Waals surface area contributed by atoms with Crippen molar-refractivity contribution in [1.29, 1.82) is 5.26 Å². The number of nitriles is 1. The first-order chi connectivity index (χ1) is 11.0. The van der Waals surface area contributed by atoms with Gasteiger partial charge in [0.15, 0.2) is 0 Å². The van der Waals surface area contributed by atoms with Crippen LogP contribution in [-0.4, -0.2) is 29.8 Å². The van der Waals surface area contributed by atoms with Crippen LogP contribution in [0.3, 0.4) is 0 Å². The van der Waals surface area contributed by atoms with E-state index in [9.17, 15) is 14.9 Å². The number of amides is 2. The first-order valence-electron chi connectivity index (χ1n) is 7.22. The Morgan fingerprint density at radius 3 is 2.57 bits per heavy atom. The molecule has 2 amide bonds. The second kappa shape index (κ2) is 7.65. The summed E-state index contributed by atoms with van der Waals surface area (Å²) in [5.74, 6) is -0.953. The van der Waals surface area contributed by atoms with Crippen molar-refractivity contribution in [2.75, 3.05) is 18.4 Å². The third kappa shape index (κ3) is 4.47. The van der Waals surface area contributed by atoms with Crippen molar-refractivity contribution in [1.82, 2.24) is 4.90 Å². The molecule has 1 aliphatic heterocycles. The first kappa shape index (κ1) is 16.8. The van der Waals surface area contributed by atoms with Crippen molar-refractivity contribution in [2.45, 2.75) is 12.8 Å². The standard InChI is InChI=1S/C16H17ClN4O2/c17-13-3-1-2-4-14(13)20-16(23)12(9-18)10-21-7-5-11(6-8-21)15(19)22/h1-4,10-11H,5-8H2,(H2,19,22)(H,20,23)/b12-10-. The molecule has 1 aromatic rings. The average molecular weight is 333 g/mol. The number of benzene rings is 1. The van der Waals surface area contributed by atoms with E-state index in [4.69, 9.17) is 17.3 Å². The summed E-state index contributed by atoms with van der Waals surface area (Å²) in [7, 11) is 0. The van der Waals surface area contributed by atoms with Gasteiger partial charge in [0.05, 0.1) is 10.7 Å². The van der Waals surface area contributed by atoms with E-state index in [1.807, 2.05) is 11.0 Å². The zero-order valence-electron chi connectivity index (χ0n) is 12.5. The summed E-state index contributed by atoms with van der Waals surface area (Å²) < 4.78 is 0. The van der Waals surface area contributed by atoms with Crippen LogP contribution in [0.5, 0.6) is 0 Å². The number of halogens is 1. The maximum Gasteiger partial charge on any atom is 0.267 e. The van der Waals surface area contributed by atoms with E-state index < -0.39 is 5.91 Å².